The molecule has 0 aromatic heterocycles. The van der Waals surface area contributed by atoms with Gasteiger partial charge in [0.25, 0.3) is 0 Å². The molecule has 2 rings (SSSR count). The molecule has 0 radical (unpaired) electrons. The molecule has 0 unspecified atom stereocenters. The molecule has 116 valence electrons. The summed E-state index contributed by atoms with van der Waals surface area (Å²) in [7, 11) is 0. The zero-order valence-corrected chi connectivity index (χ0v) is 12.3. The maximum Gasteiger partial charge on any atom is 0.446 e. The van der Waals surface area contributed by atoms with Crippen LogP contribution < -0.4 is 10.1 Å². The van der Waals surface area contributed by atoms with E-state index in [9.17, 15) is 18.0 Å². The lowest BCUT2D eigenvalue weighted by Crippen LogP contribution is -1.98. The molecule has 0 fully saturated rings. The molecule has 3 nitrogen and oxygen atoms in total. The molecule has 0 saturated heterocycles. The maximum absolute atomic E-state index is 12.2. The van der Waals surface area contributed by atoms with E-state index in [0.717, 1.165) is 5.56 Å². The van der Waals surface area contributed by atoms with Crippen LogP contribution in [-0.4, -0.2) is 11.9 Å². The van der Waals surface area contributed by atoms with Gasteiger partial charge in [-0.15, -0.1) is 0 Å². The van der Waals surface area contributed by atoms with Crippen LogP contribution in [0.2, 0.25) is 0 Å². The van der Waals surface area contributed by atoms with Gasteiger partial charge < -0.3 is 10.1 Å². The van der Waals surface area contributed by atoms with E-state index in [4.69, 9.17) is 4.74 Å². The van der Waals surface area contributed by atoms with Crippen LogP contribution in [0.4, 0.5) is 18.9 Å². The third-order valence-corrected chi connectivity index (χ3v) is 3.42. The number of rotatable bonds is 5. The molecule has 0 saturated carbocycles. The second-order valence-corrected chi connectivity index (χ2v) is 5.50. The van der Waals surface area contributed by atoms with Crippen molar-refractivity contribution < 1.29 is 22.7 Å². The van der Waals surface area contributed by atoms with Gasteiger partial charge in [-0.05, 0) is 66.7 Å². The van der Waals surface area contributed by atoms with Crippen LogP contribution in [0.25, 0.3) is 0 Å². The van der Waals surface area contributed by atoms with Gasteiger partial charge in [-0.1, -0.05) is 0 Å². The van der Waals surface area contributed by atoms with Crippen LogP contribution in [-0.2, 0) is 4.79 Å². The Labute approximate surface area is 129 Å². The van der Waals surface area contributed by atoms with Gasteiger partial charge in [0, 0.05) is 10.6 Å². The second-order valence-electron chi connectivity index (χ2n) is 4.36. The predicted molar refractivity (Wildman–Crippen MR) is 79.3 cm³/mol. The Hall–Kier alpha value is -2.15. The molecule has 7 heteroatoms. The number of thioether (sulfide) groups is 1. The molecule has 2 aromatic rings. The van der Waals surface area contributed by atoms with Gasteiger partial charge in [-0.25, -0.2) is 0 Å². The van der Waals surface area contributed by atoms with Crippen LogP contribution >= 0.6 is 11.8 Å². The number of hydrogen-bond acceptors (Lipinski definition) is 3. The minimum Gasteiger partial charge on any atom is -0.457 e. The molecule has 0 heterocycles. The number of alkyl halides is 3. The number of carbonyl (C=O) groups is 1. The number of carbonyl (C=O) groups excluding carboxylic acids is 1. The van der Waals surface area contributed by atoms with E-state index in [2.05, 4.69) is 5.32 Å². The number of ether oxygens (including phenoxy) is 1. The second kappa shape index (κ2) is 6.74. The van der Waals surface area contributed by atoms with Crippen LogP contribution in [0.3, 0.4) is 0 Å². The first-order chi connectivity index (χ1) is 10.4. The van der Waals surface area contributed by atoms with Gasteiger partial charge in [0.15, 0.2) is 0 Å². The Morgan fingerprint density at radius 3 is 2.36 bits per heavy atom. The summed E-state index contributed by atoms with van der Waals surface area (Å²) in [6.07, 6.45) is 0.576. The molecular weight excluding hydrogens is 315 g/mol. The minimum absolute atomic E-state index is 0.0992. The van der Waals surface area contributed by atoms with Crippen LogP contribution in [0, 0.1) is 6.92 Å². The maximum atomic E-state index is 12.2. The van der Waals surface area contributed by atoms with E-state index >= 15 is 0 Å². The fourth-order valence-electron chi connectivity index (χ4n) is 1.76. The Balaban J connectivity index is 2.09. The van der Waals surface area contributed by atoms with Crippen molar-refractivity contribution in [2.45, 2.75) is 17.3 Å². The van der Waals surface area contributed by atoms with Gasteiger partial charge >= 0.3 is 5.51 Å². The average molecular weight is 327 g/mol. The van der Waals surface area contributed by atoms with E-state index < -0.39 is 5.51 Å². The molecule has 2 aromatic carbocycles. The van der Waals surface area contributed by atoms with Crippen molar-refractivity contribution >= 4 is 23.9 Å². The highest BCUT2D eigenvalue weighted by atomic mass is 32.2. The fraction of sp³-hybridized carbons (Fsp3) is 0.133. The van der Waals surface area contributed by atoms with Crippen molar-refractivity contribution in [3.63, 3.8) is 0 Å². The molecule has 0 aliphatic heterocycles. The summed E-state index contributed by atoms with van der Waals surface area (Å²) in [5, 5.41) is 2.52. The highest BCUT2D eigenvalue weighted by Crippen LogP contribution is 2.37. The number of hydrogen-bond donors (Lipinski definition) is 1. The summed E-state index contributed by atoms with van der Waals surface area (Å²) in [6.45, 7) is 1.80. The first kappa shape index (κ1) is 16.2. The number of anilines is 1. The summed E-state index contributed by atoms with van der Waals surface area (Å²) in [6, 6.07) is 10.7. The average Bonchev–Trinajstić information content (AvgIpc) is 2.42. The highest BCUT2D eigenvalue weighted by molar-refractivity contribution is 8.00. The van der Waals surface area contributed by atoms with Crippen LogP contribution in [0.1, 0.15) is 5.56 Å². The quantitative estimate of drug-likeness (QED) is 0.622. The predicted octanol–water partition coefficient (Wildman–Crippen LogP) is 4.97. The van der Waals surface area contributed by atoms with Gasteiger partial charge in [0.05, 0.1) is 0 Å². The van der Waals surface area contributed by atoms with Gasteiger partial charge in [0.1, 0.15) is 11.5 Å². The van der Waals surface area contributed by atoms with Crippen LogP contribution in [0.15, 0.2) is 47.4 Å². The van der Waals surface area contributed by atoms with Gasteiger partial charge in [0.2, 0.25) is 6.41 Å². The highest BCUT2D eigenvalue weighted by Gasteiger charge is 2.29. The Morgan fingerprint density at radius 2 is 1.82 bits per heavy atom. The summed E-state index contributed by atoms with van der Waals surface area (Å²) in [4.78, 5) is 10.5. The number of amides is 1. The van der Waals surface area contributed by atoms with E-state index in [1.165, 1.54) is 24.3 Å². The Kier molecular flexibility index (Phi) is 4.97. The minimum atomic E-state index is -4.31. The van der Waals surface area contributed by atoms with E-state index in [1.807, 2.05) is 0 Å². The van der Waals surface area contributed by atoms with Crippen LogP contribution in [0.5, 0.6) is 11.5 Å². The number of benzene rings is 2. The summed E-state index contributed by atoms with van der Waals surface area (Å²) in [5.41, 5.74) is -2.88. The first-order valence-corrected chi connectivity index (χ1v) is 7.03. The van der Waals surface area contributed by atoms with Crippen molar-refractivity contribution in [2.24, 2.45) is 0 Å². The van der Waals surface area contributed by atoms with E-state index in [-0.39, 0.29) is 16.7 Å². The topological polar surface area (TPSA) is 38.3 Å². The lowest BCUT2D eigenvalue weighted by atomic mass is 10.2. The summed E-state index contributed by atoms with van der Waals surface area (Å²) < 4.78 is 42.4. The summed E-state index contributed by atoms with van der Waals surface area (Å²) >= 11 is -0.171. The smallest absolute Gasteiger partial charge is 0.446 e. The molecule has 22 heavy (non-hydrogen) atoms. The molecule has 0 aliphatic rings. The van der Waals surface area contributed by atoms with Crippen molar-refractivity contribution in [2.75, 3.05) is 5.32 Å². The first-order valence-electron chi connectivity index (χ1n) is 6.22. The number of halogens is 3. The Morgan fingerprint density at radius 1 is 1.14 bits per heavy atom. The molecule has 1 amide bonds. The fourth-order valence-corrected chi connectivity index (χ4v) is 2.30. The molecule has 1 N–H and O–H groups in total. The molecule has 0 atom stereocenters. The molecule has 0 spiro atoms. The zero-order chi connectivity index (χ0) is 16.2. The molecule has 0 aliphatic carbocycles. The number of aryl methyl sites for hydroxylation is 1. The zero-order valence-electron chi connectivity index (χ0n) is 11.5. The monoisotopic (exact) mass is 327 g/mol. The lowest BCUT2D eigenvalue weighted by molar-refractivity contribution is -0.105. The van der Waals surface area contributed by atoms with Crippen molar-refractivity contribution in [3.05, 3.63) is 48.0 Å². The van der Waals surface area contributed by atoms with Crippen molar-refractivity contribution in [3.8, 4) is 11.5 Å². The largest absolute Gasteiger partial charge is 0.457 e. The standard InChI is InChI=1S/C15H12F3NO2S/c1-10-8-11(19-9-20)2-7-14(10)21-12-3-5-13(6-4-12)22-15(16,17)18/h2-9H,1H3,(H,19,20). The molecular formula is C15H12F3NO2S. The molecule has 0 bridgehead atoms. The number of nitrogens with one attached hydrogen (secondary N) is 1. The van der Waals surface area contributed by atoms with Gasteiger partial charge in [-0.2, -0.15) is 13.2 Å². The SMILES string of the molecule is Cc1cc(NC=O)ccc1Oc1ccc(SC(F)(F)F)cc1. The normalized spacial score (nSPS) is 11.1. The Bertz CT molecular complexity index is 657. The van der Waals surface area contributed by atoms with Crippen molar-refractivity contribution in [1.82, 2.24) is 0 Å². The lowest BCUT2D eigenvalue weighted by Gasteiger charge is -2.11. The van der Waals surface area contributed by atoms with E-state index in [1.54, 1.807) is 25.1 Å². The van der Waals surface area contributed by atoms with E-state index in [0.29, 0.717) is 23.6 Å². The third-order valence-electron chi connectivity index (χ3n) is 2.69. The van der Waals surface area contributed by atoms with Gasteiger partial charge in [-0.3, -0.25) is 4.79 Å². The summed E-state index contributed by atoms with van der Waals surface area (Å²) in [5.74, 6) is 0.999. The third kappa shape index (κ3) is 4.70. The van der Waals surface area contributed by atoms with Crippen molar-refractivity contribution in [1.29, 1.82) is 0 Å².